The molecule has 0 bridgehead atoms. The van der Waals surface area contributed by atoms with Crippen molar-refractivity contribution in [3.63, 3.8) is 0 Å². The number of likely N-dealkylation sites (tertiary alicyclic amines) is 1. The molecule has 0 spiro atoms. The predicted molar refractivity (Wildman–Crippen MR) is 87.7 cm³/mol. The molecule has 2 aromatic rings. The zero-order valence-corrected chi connectivity index (χ0v) is 13.9. The predicted octanol–water partition coefficient (Wildman–Crippen LogP) is 2.23. The van der Waals surface area contributed by atoms with Crippen LogP contribution in [0, 0.1) is 24.7 Å². The molecule has 1 aliphatic heterocycles. The maximum Gasteiger partial charge on any atom is 0.308 e. The highest BCUT2D eigenvalue weighted by Gasteiger charge is 2.46. The van der Waals surface area contributed by atoms with Crippen LogP contribution in [0.2, 0.25) is 0 Å². The van der Waals surface area contributed by atoms with E-state index in [0.717, 1.165) is 18.4 Å². The summed E-state index contributed by atoms with van der Waals surface area (Å²) in [5, 5.41) is 17.2. The Bertz CT molecular complexity index is 810. The van der Waals surface area contributed by atoms with Crippen LogP contribution in [0.1, 0.15) is 29.1 Å². The lowest BCUT2D eigenvalue weighted by atomic mass is 9.92. The van der Waals surface area contributed by atoms with Crippen LogP contribution in [0.3, 0.4) is 0 Å². The zero-order chi connectivity index (χ0) is 17.6. The van der Waals surface area contributed by atoms with Crippen molar-refractivity contribution >= 4 is 11.9 Å². The first-order chi connectivity index (χ1) is 12.0. The van der Waals surface area contributed by atoms with E-state index >= 15 is 0 Å². The third kappa shape index (κ3) is 3.01. The third-order valence-electron chi connectivity index (χ3n) is 5.10. The lowest BCUT2D eigenvalue weighted by Gasteiger charge is -2.16. The number of benzene rings is 1. The Kier molecular flexibility index (Phi) is 3.78. The fraction of sp³-hybridized carbons (Fsp3) is 0.444. The SMILES string of the molecule is Cc1nnc(-c2ccc(C(=O)N3C[C@H](C(=O)O)[C@@H](C4CC4)C3)cc2)o1. The molecule has 130 valence electrons. The van der Waals surface area contributed by atoms with E-state index in [0.29, 0.717) is 36.4 Å². The summed E-state index contributed by atoms with van der Waals surface area (Å²) in [4.78, 5) is 25.9. The van der Waals surface area contributed by atoms with Crippen molar-refractivity contribution in [3.05, 3.63) is 35.7 Å². The molecule has 1 aromatic heterocycles. The monoisotopic (exact) mass is 341 g/mol. The number of carbonyl (C=O) groups excluding carboxylic acids is 1. The number of rotatable bonds is 4. The standard InChI is InChI=1S/C18H19N3O4/c1-10-19-20-16(25-10)12-4-6-13(7-5-12)17(22)21-8-14(11-2-3-11)15(9-21)18(23)24/h4-7,11,14-15H,2-3,8-9H2,1H3,(H,23,24)/t14-,15+/m1/s1. The molecule has 2 heterocycles. The second-order valence-corrected chi connectivity index (χ2v) is 6.86. The van der Waals surface area contributed by atoms with E-state index in [4.69, 9.17) is 4.42 Å². The molecule has 7 nitrogen and oxygen atoms in total. The average molecular weight is 341 g/mol. The minimum absolute atomic E-state index is 0.0853. The molecule has 2 atom stereocenters. The number of carboxylic acids is 1. The molecule has 1 aliphatic carbocycles. The molecule has 2 fully saturated rings. The van der Waals surface area contributed by atoms with Gasteiger partial charge in [-0.3, -0.25) is 9.59 Å². The topological polar surface area (TPSA) is 96.5 Å². The fourth-order valence-corrected chi connectivity index (χ4v) is 3.61. The molecule has 2 aliphatic rings. The first-order valence-electron chi connectivity index (χ1n) is 8.45. The molecule has 0 radical (unpaired) electrons. The highest BCUT2D eigenvalue weighted by Crippen LogP contribution is 2.44. The van der Waals surface area contributed by atoms with Crippen molar-refractivity contribution in [1.82, 2.24) is 15.1 Å². The number of carboxylic acid groups (broad SMARTS) is 1. The van der Waals surface area contributed by atoms with Crippen LogP contribution in [0.15, 0.2) is 28.7 Å². The highest BCUT2D eigenvalue weighted by atomic mass is 16.4. The number of nitrogens with zero attached hydrogens (tertiary/aromatic N) is 3. The van der Waals surface area contributed by atoms with E-state index in [2.05, 4.69) is 10.2 Å². The summed E-state index contributed by atoms with van der Waals surface area (Å²) in [6.07, 6.45) is 2.16. The van der Waals surface area contributed by atoms with E-state index in [-0.39, 0.29) is 11.8 Å². The Morgan fingerprint density at radius 1 is 1.16 bits per heavy atom. The van der Waals surface area contributed by atoms with Crippen molar-refractivity contribution in [2.24, 2.45) is 17.8 Å². The number of amides is 1. The Morgan fingerprint density at radius 2 is 1.88 bits per heavy atom. The molecular formula is C18H19N3O4. The van der Waals surface area contributed by atoms with Gasteiger partial charge < -0.3 is 14.4 Å². The van der Waals surface area contributed by atoms with Crippen LogP contribution in [0.4, 0.5) is 0 Å². The van der Waals surface area contributed by atoms with Crippen LogP contribution in [0.25, 0.3) is 11.5 Å². The second-order valence-electron chi connectivity index (χ2n) is 6.86. The van der Waals surface area contributed by atoms with Gasteiger partial charge in [-0.25, -0.2) is 0 Å². The minimum atomic E-state index is -0.797. The normalized spacial score (nSPS) is 23.0. The van der Waals surface area contributed by atoms with Gasteiger partial charge in [0.25, 0.3) is 5.91 Å². The first-order valence-corrected chi connectivity index (χ1v) is 8.45. The number of hydrogen-bond donors (Lipinski definition) is 1. The maximum atomic E-state index is 12.7. The average Bonchev–Trinajstić information content (AvgIpc) is 3.20. The molecule has 7 heteroatoms. The number of hydrogen-bond acceptors (Lipinski definition) is 5. The van der Waals surface area contributed by atoms with Gasteiger partial charge in [0.2, 0.25) is 11.8 Å². The molecule has 1 saturated carbocycles. The second kappa shape index (κ2) is 5.98. The van der Waals surface area contributed by atoms with Crippen molar-refractivity contribution in [2.75, 3.05) is 13.1 Å². The van der Waals surface area contributed by atoms with Crippen molar-refractivity contribution < 1.29 is 19.1 Å². The quantitative estimate of drug-likeness (QED) is 0.916. The van der Waals surface area contributed by atoms with Gasteiger partial charge in [-0.05, 0) is 48.9 Å². The Balaban J connectivity index is 1.50. The molecular weight excluding hydrogens is 322 g/mol. The molecule has 1 N–H and O–H groups in total. The number of aliphatic carboxylic acids is 1. The van der Waals surface area contributed by atoms with Crippen molar-refractivity contribution in [1.29, 1.82) is 0 Å². The summed E-state index contributed by atoms with van der Waals surface area (Å²) in [6.45, 7) is 2.54. The maximum absolute atomic E-state index is 12.7. The Hall–Kier alpha value is -2.70. The summed E-state index contributed by atoms with van der Waals surface area (Å²) in [5.74, 6) is 0.0775. The molecule has 1 aromatic carbocycles. The zero-order valence-electron chi connectivity index (χ0n) is 13.9. The molecule has 25 heavy (non-hydrogen) atoms. The molecule has 4 rings (SSSR count). The minimum Gasteiger partial charge on any atom is -0.481 e. The van der Waals surface area contributed by atoms with Crippen LogP contribution in [-0.4, -0.2) is 45.2 Å². The van der Waals surface area contributed by atoms with E-state index in [9.17, 15) is 14.7 Å². The van der Waals surface area contributed by atoms with Crippen LogP contribution < -0.4 is 0 Å². The molecule has 1 saturated heterocycles. The van der Waals surface area contributed by atoms with Crippen molar-refractivity contribution in [2.45, 2.75) is 19.8 Å². The van der Waals surface area contributed by atoms with Gasteiger partial charge >= 0.3 is 5.97 Å². The highest BCUT2D eigenvalue weighted by molar-refractivity contribution is 5.95. The van der Waals surface area contributed by atoms with Crippen molar-refractivity contribution in [3.8, 4) is 11.5 Å². The van der Waals surface area contributed by atoms with Crippen LogP contribution >= 0.6 is 0 Å². The van der Waals surface area contributed by atoms with Gasteiger partial charge in [0.1, 0.15) is 0 Å². The summed E-state index contributed by atoms with van der Waals surface area (Å²) in [7, 11) is 0. The summed E-state index contributed by atoms with van der Waals surface area (Å²) in [5.41, 5.74) is 1.29. The van der Waals surface area contributed by atoms with Crippen LogP contribution in [-0.2, 0) is 4.79 Å². The number of carbonyl (C=O) groups is 2. The largest absolute Gasteiger partial charge is 0.481 e. The lowest BCUT2D eigenvalue weighted by molar-refractivity contribution is -0.142. The van der Waals surface area contributed by atoms with Gasteiger partial charge in [-0.1, -0.05) is 0 Å². The third-order valence-corrected chi connectivity index (χ3v) is 5.10. The van der Waals surface area contributed by atoms with E-state index < -0.39 is 11.9 Å². The van der Waals surface area contributed by atoms with E-state index in [1.807, 2.05) is 0 Å². The lowest BCUT2D eigenvalue weighted by Crippen LogP contribution is -2.29. The van der Waals surface area contributed by atoms with Crippen LogP contribution in [0.5, 0.6) is 0 Å². The van der Waals surface area contributed by atoms with Gasteiger partial charge in [0.05, 0.1) is 5.92 Å². The smallest absolute Gasteiger partial charge is 0.308 e. The van der Waals surface area contributed by atoms with E-state index in [1.165, 1.54) is 0 Å². The fourth-order valence-electron chi connectivity index (χ4n) is 3.61. The number of aryl methyl sites for hydroxylation is 1. The van der Waals surface area contributed by atoms with Gasteiger partial charge in [0.15, 0.2) is 0 Å². The van der Waals surface area contributed by atoms with Gasteiger partial charge in [0, 0.05) is 31.1 Å². The number of aromatic nitrogens is 2. The van der Waals surface area contributed by atoms with Gasteiger partial charge in [-0.15, -0.1) is 10.2 Å². The summed E-state index contributed by atoms with van der Waals surface area (Å²) in [6, 6.07) is 6.97. The van der Waals surface area contributed by atoms with E-state index in [1.54, 1.807) is 36.1 Å². The summed E-state index contributed by atoms with van der Waals surface area (Å²) >= 11 is 0. The van der Waals surface area contributed by atoms with Gasteiger partial charge in [-0.2, -0.15) is 0 Å². The molecule has 0 unspecified atom stereocenters. The summed E-state index contributed by atoms with van der Waals surface area (Å²) < 4.78 is 5.37. The Morgan fingerprint density at radius 3 is 2.44 bits per heavy atom. The Labute approximate surface area is 144 Å². The molecule has 1 amide bonds. The first kappa shape index (κ1) is 15.8.